The Bertz CT molecular complexity index is 2120. The number of aromatic nitrogens is 2. The normalized spacial score (nSPS) is 11.8. The Hall–Kier alpha value is -4.95. The standard InChI is InChI=1S/C36H24N2/c1-23-11-13-24(14-12-23)28-19-15-25-17-21-30-31(22-18-26-16-20-29(28)34(25)35(26)30)36-37-32-9-5-6-10-33(32)38(36)27-7-3-2-4-8-27/h2-22H,1H3. The molecule has 0 spiro atoms. The lowest BCUT2D eigenvalue weighted by Crippen LogP contribution is -1.98. The molecule has 2 nitrogen and oxygen atoms in total. The third-order valence-corrected chi connectivity index (χ3v) is 7.84. The Morgan fingerprint density at radius 1 is 0.526 bits per heavy atom. The second kappa shape index (κ2) is 8.03. The van der Waals surface area contributed by atoms with Gasteiger partial charge in [0.2, 0.25) is 0 Å². The van der Waals surface area contributed by atoms with Crippen LogP contribution in [-0.2, 0) is 0 Å². The molecule has 1 heterocycles. The second-order valence-electron chi connectivity index (χ2n) is 10.1. The molecule has 0 fully saturated rings. The summed E-state index contributed by atoms with van der Waals surface area (Å²) in [6.07, 6.45) is 0. The van der Waals surface area contributed by atoms with E-state index in [1.165, 1.54) is 49.0 Å². The average molecular weight is 485 g/mol. The summed E-state index contributed by atoms with van der Waals surface area (Å²) in [4.78, 5) is 5.18. The van der Waals surface area contributed by atoms with E-state index < -0.39 is 0 Å². The van der Waals surface area contributed by atoms with Gasteiger partial charge < -0.3 is 0 Å². The van der Waals surface area contributed by atoms with Gasteiger partial charge in [0.1, 0.15) is 5.82 Å². The number of para-hydroxylation sites is 3. The van der Waals surface area contributed by atoms with Crippen LogP contribution in [-0.4, -0.2) is 9.55 Å². The number of fused-ring (bicyclic) bond motifs is 1. The molecule has 0 N–H and O–H groups in total. The van der Waals surface area contributed by atoms with Crippen LogP contribution in [0.1, 0.15) is 5.56 Å². The number of rotatable bonds is 3. The molecule has 1 aromatic heterocycles. The zero-order valence-electron chi connectivity index (χ0n) is 21.0. The van der Waals surface area contributed by atoms with Crippen LogP contribution in [0.2, 0.25) is 0 Å². The van der Waals surface area contributed by atoms with Crippen molar-refractivity contribution in [2.75, 3.05) is 0 Å². The minimum absolute atomic E-state index is 0.967. The summed E-state index contributed by atoms with van der Waals surface area (Å²) in [6, 6.07) is 45.9. The predicted molar refractivity (Wildman–Crippen MR) is 160 cm³/mol. The molecule has 0 aliphatic heterocycles. The summed E-state index contributed by atoms with van der Waals surface area (Å²) >= 11 is 0. The molecule has 0 atom stereocenters. The zero-order chi connectivity index (χ0) is 25.2. The van der Waals surface area contributed by atoms with Crippen LogP contribution in [0, 0.1) is 6.92 Å². The smallest absolute Gasteiger partial charge is 0.146 e. The average Bonchev–Trinajstić information content (AvgIpc) is 3.36. The van der Waals surface area contributed by atoms with E-state index in [9.17, 15) is 0 Å². The van der Waals surface area contributed by atoms with Crippen LogP contribution >= 0.6 is 0 Å². The molecule has 0 aliphatic carbocycles. The van der Waals surface area contributed by atoms with Crippen LogP contribution in [0.15, 0.2) is 127 Å². The van der Waals surface area contributed by atoms with Gasteiger partial charge in [-0.1, -0.05) is 103 Å². The van der Waals surface area contributed by atoms with Crippen molar-refractivity contribution < 1.29 is 0 Å². The molecule has 2 heteroatoms. The fourth-order valence-corrected chi connectivity index (χ4v) is 6.03. The summed E-state index contributed by atoms with van der Waals surface area (Å²) < 4.78 is 2.29. The number of hydrogen-bond acceptors (Lipinski definition) is 1. The van der Waals surface area contributed by atoms with E-state index in [4.69, 9.17) is 4.98 Å². The molecule has 0 saturated heterocycles. The van der Waals surface area contributed by atoms with Gasteiger partial charge in [-0.25, -0.2) is 4.98 Å². The number of imidazole rings is 1. The van der Waals surface area contributed by atoms with Crippen LogP contribution < -0.4 is 0 Å². The van der Waals surface area contributed by atoms with E-state index in [-0.39, 0.29) is 0 Å². The maximum atomic E-state index is 5.18. The van der Waals surface area contributed by atoms with Crippen molar-refractivity contribution in [3.63, 3.8) is 0 Å². The number of hydrogen-bond donors (Lipinski definition) is 0. The summed E-state index contributed by atoms with van der Waals surface area (Å²) in [5.74, 6) is 0.967. The number of benzene rings is 7. The Morgan fingerprint density at radius 2 is 1.13 bits per heavy atom. The van der Waals surface area contributed by atoms with Crippen molar-refractivity contribution in [3.8, 4) is 28.2 Å². The van der Waals surface area contributed by atoms with Crippen LogP contribution in [0.3, 0.4) is 0 Å². The predicted octanol–water partition coefficient (Wildman–Crippen LogP) is 9.57. The number of aryl methyl sites for hydroxylation is 1. The van der Waals surface area contributed by atoms with Crippen molar-refractivity contribution in [2.45, 2.75) is 6.92 Å². The maximum absolute atomic E-state index is 5.18. The first-order chi connectivity index (χ1) is 18.8. The van der Waals surface area contributed by atoms with Crippen molar-refractivity contribution >= 4 is 43.4 Å². The lowest BCUT2D eigenvalue weighted by Gasteiger charge is -2.17. The van der Waals surface area contributed by atoms with Gasteiger partial charge in [-0.3, -0.25) is 4.57 Å². The molecule has 0 bridgehead atoms. The Labute approximate surface area is 220 Å². The fraction of sp³-hybridized carbons (Fsp3) is 0.0278. The van der Waals surface area contributed by atoms with Gasteiger partial charge in [-0.2, -0.15) is 0 Å². The van der Waals surface area contributed by atoms with Gasteiger partial charge in [0.25, 0.3) is 0 Å². The zero-order valence-corrected chi connectivity index (χ0v) is 21.0. The Balaban J connectivity index is 1.47. The molecular weight excluding hydrogens is 460 g/mol. The Morgan fingerprint density at radius 3 is 1.87 bits per heavy atom. The van der Waals surface area contributed by atoms with Crippen molar-refractivity contribution in [3.05, 3.63) is 133 Å². The van der Waals surface area contributed by atoms with Crippen molar-refractivity contribution in [1.82, 2.24) is 9.55 Å². The van der Waals surface area contributed by atoms with Gasteiger partial charge >= 0.3 is 0 Å². The minimum atomic E-state index is 0.967. The topological polar surface area (TPSA) is 17.8 Å². The van der Waals surface area contributed by atoms with E-state index in [0.717, 1.165) is 28.1 Å². The minimum Gasteiger partial charge on any atom is -0.292 e. The first kappa shape index (κ1) is 21.2. The van der Waals surface area contributed by atoms with E-state index in [1.807, 2.05) is 0 Å². The lowest BCUT2D eigenvalue weighted by molar-refractivity contribution is 1.11. The highest BCUT2D eigenvalue weighted by Gasteiger charge is 2.19. The highest BCUT2D eigenvalue weighted by Crippen LogP contribution is 2.43. The highest BCUT2D eigenvalue weighted by molar-refractivity contribution is 6.27. The van der Waals surface area contributed by atoms with Crippen LogP contribution in [0.25, 0.3) is 71.6 Å². The maximum Gasteiger partial charge on any atom is 0.146 e. The molecule has 0 amide bonds. The quantitative estimate of drug-likeness (QED) is 0.228. The van der Waals surface area contributed by atoms with E-state index in [2.05, 4.69) is 139 Å². The van der Waals surface area contributed by atoms with Gasteiger partial charge in [0, 0.05) is 11.3 Å². The fourth-order valence-electron chi connectivity index (χ4n) is 6.03. The van der Waals surface area contributed by atoms with Gasteiger partial charge in [0.05, 0.1) is 11.0 Å². The second-order valence-corrected chi connectivity index (χ2v) is 10.1. The van der Waals surface area contributed by atoms with E-state index in [1.54, 1.807) is 0 Å². The first-order valence-electron chi connectivity index (χ1n) is 13.1. The van der Waals surface area contributed by atoms with Gasteiger partial charge in [-0.05, 0) is 80.7 Å². The molecule has 0 aliphatic rings. The van der Waals surface area contributed by atoms with E-state index >= 15 is 0 Å². The van der Waals surface area contributed by atoms with Crippen molar-refractivity contribution in [1.29, 1.82) is 0 Å². The third-order valence-electron chi connectivity index (χ3n) is 7.84. The molecule has 0 radical (unpaired) electrons. The van der Waals surface area contributed by atoms with E-state index in [0.29, 0.717) is 0 Å². The van der Waals surface area contributed by atoms with Crippen LogP contribution in [0.4, 0.5) is 0 Å². The number of nitrogens with zero attached hydrogens (tertiary/aromatic N) is 2. The first-order valence-corrected chi connectivity index (χ1v) is 13.1. The molecule has 38 heavy (non-hydrogen) atoms. The largest absolute Gasteiger partial charge is 0.292 e. The molecule has 7 aromatic carbocycles. The third kappa shape index (κ3) is 3.04. The molecule has 8 aromatic rings. The monoisotopic (exact) mass is 484 g/mol. The highest BCUT2D eigenvalue weighted by atomic mass is 15.1. The summed E-state index contributed by atoms with van der Waals surface area (Å²) in [6.45, 7) is 2.14. The SMILES string of the molecule is Cc1ccc(-c2ccc3ccc4c(-c5nc6ccccc6n5-c5ccccc5)ccc5ccc2c3c54)cc1. The van der Waals surface area contributed by atoms with Crippen molar-refractivity contribution in [2.24, 2.45) is 0 Å². The van der Waals surface area contributed by atoms with Gasteiger partial charge in [-0.15, -0.1) is 0 Å². The van der Waals surface area contributed by atoms with Crippen LogP contribution in [0.5, 0.6) is 0 Å². The summed E-state index contributed by atoms with van der Waals surface area (Å²) in [7, 11) is 0. The summed E-state index contributed by atoms with van der Waals surface area (Å²) in [5.41, 5.74) is 8.17. The molecule has 0 saturated carbocycles. The molecule has 178 valence electrons. The lowest BCUT2D eigenvalue weighted by atomic mass is 9.88. The molecular formula is C36H24N2. The molecule has 8 rings (SSSR count). The van der Waals surface area contributed by atoms with Gasteiger partial charge in [0.15, 0.2) is 0 Å². The summed E-state index contributed by atoms with van der Waals surface area (Å²) in [5, 5.41) is 7.67. The Kier molecular flexibility index (Phi) is 4.47. The molecule has 0 unspecified atom stereocenters.